The summed E-state index contributed by atoms with van der Waals surface area (Å²) in [6, 6.07) is 0.847. The van der Waals surface area contributed by atoms with Crippen molar-refractivity contribution in [2.75, 3.05) is 6.54 Å². The molecule has 0 spiro atoms. The van der Waals surface area contributed by atoms with E-state index in [1.165, 1.54) is 38.1 Å². The molecule has 1 fully saturated rings. The maximum atomic E-state index is 4.40. The van der Waals surface area contributed by atoms with Crippen LogP contribution in [0.3, 0.4) is 0 Å². The molecule has 1 aliphatic carbocycles. The minimum absolute atomic E-state index is 0.527. The van der Waals surface area contributed by atoms with E-state index in [1.807, 2.05) is 6.20 Å². The lowest BCUT2D eigenvalue weighted by atomic mass is 10.2. The molecule has 1 aromatic rings. The SMILES string of the molecule is CC(C)c1nccn1CCCCNC1CC1. The lowest BCUT2D eigenvalue weighted by Crippen LogP contribution is -2.17. The van der Waals surface area contributed by atoms with Gasteiger partial charge in [0.1, 0.15) is 5.82 Å². The zero-order valence-corrected chi connectivity index (χ0v) is 10.4. The molecule has 1 aliphatic rings. The van der Waals surface area contributed by atoms with Gasteiger partial charge in [0, 0.05) is 30.9 Å². The first kappa shape index (κ1) is 11.6. The van der Waals surface area contributed by atoms with Crippen molar-refractivity contribution in [2.45, 2.75) is 58.0 Å². The summed E-state index contributed by atoms with van der Waals surface area (Å²) in [6.07, 6.45) is 9.31. The van der Waals surface area contributed by atoms with Crippen LogP contribution in [0.25, 0.3) is 0 Å². The van der Waals surface area contributed by atoms with Crippen LogP contribution in [-0.4, -0.2) is 22.1 Å². The molecule has 0 radical (unpaired) electrons. The molecule has 1 saturated carbocycles. The van der Waals surface area contributed by atoms with Gasteiger partial charge in [0.25, 0.3) is 0 Å². The third-order valence-electron chi connectivity index (χ3n) is 3.10. The van der Waals surface area contributed by atoms with E-state index in [2.05, 4.69) is 34.9 Å². The van der Waals surface area contributed by atoms with E-state index in [0.717, 1.165) is 12.6 Å². The smallest absolute Gasteiger partial charge is 0.111 e. The van der Waals surface area contributed by atoms with Crippen molar-refractivity contribution in [3.05, 3.63) is 18.2 Å². The van der Waals surface area contributed by atoms with Gasteiger partial charge in [-0.2, -0.15) is 0 Å². The molecule has 2 rings (SSSR count). The Morgan fingerprint density at radius 2 is 2.25 bits per heavy atom. The Hall–Kier alpha value is -0.830. The van der Waals surface area contributed by atoms with E-state index in [4.69, 9.17) is 0 Å². The second kappa shape index (κ2) is 5.48. The molecule has 0 bridgehead atoms. The van der Waals surface area contributed by atoms with E-state index >= 15 is 0 Å². The maximum Gasteiger partial charge on any atom is 0.111 e. The van der Waals surface area contributed by atoms with E-state index < -0.39 is 0 Å². The van der Waals surface area contributed by atoms with Crippen LogP contribution in [0.4, 0.5) is 0 Å². The summed E-state index contributed by atoms with van der Waals surface area (Å²) < 4.78 is 2.29. The van der Waals surface area contributed by atoms with Crippen molar-refractivity contribution in [2.24, 2.45) is 0 Å². The predicted molar refractivity (Wildman–Crippen MR) is 66.6 cm³/mol. The number of aromatic nitrogens is 2. The highest BCUT2D eigenvalue weighted by molar-refractivity contribution is 4.97. The van der Waals surface area contributed by atoms with Gasteiger partial charge in [0.2, 0.25) is 0 Å². The number of nitrogens with zero attached hydrogens (tertiary/aromatic N) is 2. The number of nitrogens with one attached hydrogen (secondary N) is 1. The third kappa shape index (κ3) is 3.34. The number of rotatable bonds is 7. The number of hydrogen-bond donors (Lipinski definition) is 1. The van der Waals surface area contributed by atoms with E-state index in [9.17, 15) is 0 Å². The fourth-order valence-electron chi connectivity index (χ4n) is 2.01. The summed E-state index contributed by atoms with van der Waals surface area (Å²) >= 11 is 0. The molecule has 3 heteroatoms. The first-order valence-corrected chi connectivity index (χ1v) is 6.52. The van der Waals surface area contributed by atoms with Gasteiger partial charge in [-0.25, -0.2) is 4.98 Å². The molecule has 0 aromatic carbocycles. The summed E-state index contributed by atoms with van der Waals surface area (Å²) in [6.45, 7) is 6.69. The van der Waals surface area contributed by atoms with Gasteiger partial charge in [-0.15, -0.1) is 0 Å². The number of aryl methyl sites for hydroxylation is 1. The van der Waals surface area contributed by atoms with Gasteiger partial charge in [0.05, 0.1) is 0 Å². The van der Waals surface area contributed by atoms with Gasteiger partial charge < -0.3 is 9.88 Å². The second-order valence-electron chi connectivity index (χ2n) is 5.07. The van der Waals surface area contributed by atoms with Gasteiger partial charge in [-0.3, -0.25) is 0 Å². The summed E-state index contributed by atoms with van der Waals surface area (Å²) in [7, 11) is 0. The standard InChI is InChI=1S/C13H23N3/c1-11(2)13-15-8-10-16(13)9-4-3-7-14-12-5-6-12/h8,10-12,14H,3-7,9H2,1-2H3. The molecular weight excluding hydrogens is 198 g/mol. The number of imidazole rings is 1. The van der Waals surface area contributed by atoms with E-state index in [0.29, 0.717) is 5.92 Å². The maximum absolute atomic E-state index is 4.40. The summed E-state index contributed by atoms with van der Waals surface area (Å²) in [5, 5.41) is 3.55. The molecule has 1 N–H and O–H groups in total. The highest BCUT2D eigenvalue weighted by Crippen LogP contribution is 2.18. The molecule has 16 heavy (non-hydrogen) atoms. The highest BCUT2D eigenvalue weighted by atomic mass is 15.1. The van der Waals surface area contributed by atoms with Crippen LogP contribution < -0.4 is 5.32 Å². The summed E-state index contributed by atoms with van der Waals surface area (Å²) in [5.41, 5.74) is 0. The Bertz CT molecular complexity index is 313. The van der Waals surface area contributed by atoms with Crippen molar-refractivity contribution < 1.29 is 0 Å². The molecule has 0 unspecified atom stereocenters. The molecule has 1 heterocycles. The van der Waals surface area contributed by atoms with Crippen LogP contribution in [0.15, 0.2) is 12.4 Å². The highest BCUT2D eigenvalue weighted by Gasteiger charge is 2.19. The zero-order chi connectivity index (χ0) is 11.4. The molecule has 3 nitrogen and oxygen atoms in total. The topological polar surface area (TPSA) is 29.9 Å². The molecule has 0 aliphatic heterocycles. The monoisotopic (exact) mass is 221 g/mol. The third-order valence-corrected chi connectivity index (χ3v) is 3.10. The Balaban J connectivity index is 1.65. The number of unbranched alkanes of at least 4 members (excludes halogenated alkanes) is 1. The first-order chi connectivity index (χ1) is 7.77. The predicted octanol–water partition coefficient (Wildman–Crippen LogP) is 2.54. The van der Waals surface area contributed by atoms with Gasteiger partial charge in [-0.1, -0.05) is 13.8 Å². The number of hydrogen-bond acceptors (Lipinski definition) is 2. The molecule has 0 saturated heterocycles. The van der Waals surface area contributed by atoms with Crippen LogP contribution in [0.5, 0.6) is 0 Å². The molecule has 0 atom stereocenters. The Labute approximate surface area is 98.3 Å². The van der Waals surface area contributed by atoms with Crippen LogP contribution >= 0.6 is 0 Å². The normalized spacial score (nSPS) is 15.9. The minimum atomic E-state index is 0.527. The van der Waals surface area contributed by atoms with Crippen LogP contribution in [0.1, 0.15) is 51.3 Å². The fourth-order valence-corrected chi connectivity index (χ4v) is 2.01. The van der Waals surface area contributed by atoms with Crippen molar-refractivity contribution >= 4 is 0 Å². The first-order valence-electron chi connectivity index (χ1n) is 6.52. The quantitative estimate of drug-likeness (QED) is 0.717. The van der Waals surface area contributed by atoms with Crippen LogP contribution in [0.2, 0.25) is 0 Å². The lowest BCUT2D eigenvalue weighted by molar-refractivity contribution is 0.544. The van der Waals surface area contributed by atoms with Crippen molar-refractivity contribution in [1.82, 2.24) is 14.9 Å². The Morgan fingerprint density at radius 1 is 1.44 bits per heavy atom. The summed E-state index contributed by atoms with van der Waals surface area (Å²) in [5.74, 6) is 1.75. The lowest BCUT2D eigenvalue weighted by Gasteiger charge is -2.10. The van der Waals surface area contributed by atoms with Crippen molar-refractivity contribution in [3.8, 4) is 0 Å². The largest absolute Gasteiger partial charge is 0.335 e. The minimum Gasteiger partial charge on any atom is -0.335 e. The van der Waals surface area contributed by atoms with Crippen molar-refractivity contribution in [1.29, 1.82) is 0 Å². The van der Waals surface area contributed by atoms with E-state index in [1.54, 1.807) is 0 Å². The molecule has 1 aromatic heterocycles. The molecular formula is C13H23N3. The van der Waals surface area contributed by atoms with Gasteiger partial charge >= 0.3 is 0 Å². The van der Waals surface area contributed by atoms with Crippen molar-refractivity contribution in [3.63, 3.8) is 0 Å². The zero-order valence-electron chi connectivity index (χ0n) is 10.4. The van der Waals surface area contributed by atoms with E-state index in [-0.39, 0.29) is 0 Å². The Morgan fingerprint density at radius 3 is 2.94 bits per heavy atom. The fraction of sp³-hybridized carbons (Fsp3) is 0.769. The summed E-state index contributed by atoms with van der Waals surface area (Å²) in [4.78, 5) is 4.40. The molecule has 90 valence electrons. The van der Waals surface area contributed by atoms with Gasteiger partial charge in [0.15, 0.2) is 0 Å². The Kier molecular flexibility index (Phi) is 3.99. The van der Waals surface area contributed by atoms with Crippen LogP contribution in [-0.2, 0) is 6.54 Å². The van der Waals surface area contributed by atoms with Gasteiger partial charge in [-0.05, 0) is 32.2 Å². The average Bonchev–Trinajstić information content (AvgIpc) is 2.94. The molecule has 0 amide bonds. The van der Waals surface area contributed by atoms with Crippen LogP contribution in [0, 0.1) is 0 Å². The second-order valence-corrected chi connectivity index (χ2v) is 5.07. The average molecular weight is 221 g/mol.